The molecule has 0 spiro atoms. The Labute approximate surface area is 169 Å². The number of rotatable bonds is 6. The molecule has 0 saturated carbocycles. The van der Waals surface area contributed by atoms with Crippen LogP contribution in [0.1, 0.15) is 11.1 Å². The number of carbonyl (C=O) groups excluding carboxylic acids is 1. The van der Waals surface area contributed by atoms with Gasteiger partial charge in [-0.2, -0.15) is 5.26 Å². The molecule has 0 aliphatic heterocycles. The molecule has 4 nitrogen and oxygen atoms in total. The lowest BCUT2D eigenvalue weighted by Gasteiger charge is -2.10. The molecule has 0 fully saturated rings. The molecular formula is C20H16Br2N2O2. The molecule has 0 unspecified atom stereocenters. The van der Waals surface area contributed by atoms with Crippen molar-refractivity contribution in [3.8, 4) is 11.8 Å². The van der Waals surface area contributed by atoms with Crippen molar-refractivity contribution in [1.82, 2.24) is 0 Å². The molecule has 0 heterocycles. The van der Waals surface area contributed by atoms with Crippen molar-refractivity contribution in [1.29, 1.82) is 5.26 Å². The smallest absolute Gasteiger partial charge is 0.266 e. The summed E-state index contributed by atoms with van der Waals surface area (Å²) in [5.41, 5.74) is 2.29. The van der Waals surface area contributed by atoms with Crippen LogP contribution in [0, 0.1) is 18.3 Å². The average Bonchev–Trinajstić information content (AvgIpc) is 2.61. The summed E-state index contributed by atoms with van der Waals surface area (Å²) >= 11 is 6.88. The van der Waals surface area contributed by atoms with Crippen molar-refractivity contribution in [3.05, 3.63) is 74.7 Å². The molecule has 1 amide bonds. The Bertz CT molecular complexity index is 891. The predicted octanol–water partition coefficient (Wildman–Crippen LogP) is 5.63. The van der Waals surface area contributed by atoms with Gasteiger partial charge in [0, 0.05) is 5.69 Å². The molecule has 26 heavy (non-hydrogen) atoms. The Morgan fingerprint density at radius 3 is 2.54 bits per heavy atom. The molecule has 0 aromatic heterocycles. The van der Waals surface area contributed by atoms with E-state index in [1.165, 1.54) is 6.08 Å². The lowest BCUT2D eigenvalue weighted by atomic mass is 10.1. The zero-order chi connectivity index (χ0) is 19.1. The zero-order valence-electron chi connectivity index (χ0n) is 14.1. The van der Waals surface area contributed by atoms with E-state index in [9.17, 15) is 10.1 Å². The van der Waals surface area contributed by atoms with Crippen LogP contribution in [0.3, 0.4) is 0 Å². The molecule has 2 aromatic carbocycles. The van der Waals surface area contributed by atoms with Gasteiger partial charge in [-0.3, -0.25) is 4.79 Å². The molecule has 0 saturated heterocycles. The van der Waals surface area contributed by atoms with Crippen molar-refractivity contribution >= 4 is 49.5 Å². The van der Waals surface area contributed by atoms with E-state index >= 15 is 0 Å². The molecular weight excluding hydrogens is 460 g/mol. The molecule has 0 aliphatic rings. The van der Waals surface area contributed by atoms with Crippen LogP contribution >= 0.6 is 31.9 Å². The number of aryl methyl sites for hydroxylation is 1. The summed E-state index contributed by atoms with van der Waals surface area (Å²) in [4.78, 5) is 12.4. The quantitative estimate of drug-likeness (QED) is 0.334. The van der Waals surface area contributed by atoms with Gasteiger partial charge >= 0.3 is 0 Å². The first-order valence-electron chi connectivity index (χ1n) is 7.67. The summed E-state index contributed by atoms with van der Waals surface area (Å²) in [5.74, 6) is 0.172. The number of carbonyl (C=O) groups is 1. The van der Waals surface area contributed by atoms with Crippen LogP contribution in [-0.2, 0) is 4.79 Å². The molecule has 0 radical (unpaired) electrons. The summed E-state index contributed by atoms with van der Waals surface area (Å²) in [5, 5.41) is 12.1. The lowest BCUT2D eigenvalue weighted by molar-refractivity contribution is -0.112. The van der Waals surface area contributed by atoms with Gasteiger partial charge in [0.05, 0.1) is 8.95 Å². The van der Waals surface area contributed by atoms with E-state index in [0.29, 0.717) is 32.6 Å². The third-order valence-electron chi connectivity index (χ3n) is 3.44. The summed E-state index contributed by atoms with van der Waals surface area (Å²) in [6, 6.07) is 12.9. The van der Waals surface area contributed by atoms with Crippen LogP contribution in [0.4, 0.5) is 5.69 Å². The van der Waals surface area contributed by atoms with Crippen LogP contribution in [0.5, 0.6) is 5.75 Å². The first-order chi connectivity index (χ1) is 12.5. The summed E-state index contributed by atoms with van der Waals surface area (Å²) < 4.78 is 6.98. The van der Waals surface area contributed by atoms with Crippen LogP contribution in [0.25, 0.3) is 6.08 Å². The van der Waals surface area contributed by atoms with Crippen molar-refractivity contribution in [3.63, 3.8) is 0 Å². The van der Waals surface area contributed by atoms with Crippen LogP contribution in [0.15, 0.2) is 63.6 Å². The highest BCUT2D eigenvalue weighted by Gasteiger charge is 2.13. The van der Waals surface area contributed by atoms with E-state index in [0.717, 1.165) is 5.56 Å². The van der Waals surface area contributed by atoms with Crippen LogP contribution in [-0.4, -0.2) is 12.5 Å². The fourth-order valence-electron chi connectivity index (χ4n) is 2.16. The monoisotopic (exact) mass is 474 g/mol. The largest absolute Gasteiger partial charge is 0.487 e. The highest BCUT2D eigenvalue weighted by molar-refractivity contribution is 9.11. The molecule has 1 N–H and O–H groups in total. The number of ether oxygens (including phenoxy) is 1. The second-order valence-corrected chi connectivity index (χ2v) is 7.06. The SMILES string of the molecule is C=CCOc1c(Br)cc(/C=C(\C#N)C(=O)Nc2ccccc2C)cc1Br. The zero-order valence-corrected chi connectivity index (χ0v) is 17.2. The number of nitriles is 1. The van der Waals surface area contributed by atoms with Crippen molar-refractivity contribution < 1.29 is 9.53 Å². The first kappa shape index (κ1) is 20.0. The topological polar surface area (TPSA) is 62.1 Å². The van der Waals surface area contributed by atoms with Crippen LogP contribution in [0.2, 0.25) is 0 Å². The number of para-hydroxylation sites is 1. The average molecular weight is 476 g/mol. The van der Waals surface area contributed by atoms with E-state index in [2.05, 4.69) is 43.8 Å². The fraction of sp³-hybridized carbons (Fsp3) is 0.100. The molecule has 2 rings (SSSR count). The summed E-state index contributed by atoms with van der Waals surface area (Å²) in [6.07, 6.45) is 3.18. The maximum atomic E-state index is 12.4. The summed E-state index contributed by atoms with van der Waals surface area (Å²) in [6.45, 7) is 5.88. The van der Waals surface area contributed by atoms with Crippen molar-refractivity contribution in [2.75, 3.05) is 11.9 Å². The molecule has 2 aromatic rings. The van der Waals surface area contributed by atoms with E-state index in [1.807, 2.05) is 31.2 Å². The second kappa shape index (κ2) is 9.37. The Hall–Kier alpha value is -2.36. The van der Waals surface area contributed by atoms with Crippen molar-refractivity contribution in [2.24, 2.45) is 0 Å². The van der Waals surface area contributed by atoms with Gasteiger partial charge in [-0.15, -0.1) is 0 Å². The van der Waals surface area contributed by atoms with Gasteiger partial charge in [0.2, 0.25) is 0 Å². The number of halogens is 2. The number of anilines is 1. The Morgan fingerprint density at radius 2 is 1.96 bits per heavy atom. The third kappa shape index (κ3) is 5.07. The van der Waals surface area contributed by atoms with Crippen LogP contribution < -0.4 is 10.1 Å². The first-order valence-corrected chi connectivity index (χ1v) is 9.26. The van der Waals surface area contributed by atoms with E-state index in [-0.39, 0.29) is 5.57 Å². The Balaban J connectivity index is 2.28. The van der Waals surface area contributed by atoms with Gasteiger partial charge in [0.25, 0.3) is 5.91 Å². The number of nitrogens with one attached hydrogen (secondary N) is 1. The predicted molar refractivity (Wildman–Crippen MR) is 111 cm³/mol. The molecule has 0 atom stereocenters. The summed E-state index contributed by atoms with van der Waals surface area (Å²) in [7, 11) is 0. The second-order valence-electron chi connectivity index (χ2n) is 5.35. The number of nitrogens with zero attached hydrogens (tertiary/aromatic N) is 1. The molecule has 132 valence electrons. The number of hydrogen-bond donors (Lipinski definition) is 1. The van der Waals surface area contributed by atoms with Crippen molar-refractivity contribution in [2.45, 2.75) is 6.92 Å². The highest BCUT2D eigenvalue weighted by atomic mass is 79.9. The maximum absolute atomic E-state index is 12.4. The van der Waals surface area contributed by atoms with Gasteiger partial charge in [0.15, 0.2) is 0 Å². The third-order valence-corrected chi connectivity index (χ3v) is 4.61. The number of hydrogen-bond acceptors (Lipinski definition) is 3. The standard InChI is InChI=1S/C20H16Br2N2O2/c1-3-8-26-19-16(21)10-14(11-17(19)22)9-15(12-23)20(25)24-18-7-5-4-6-13(18)2/h3-7,9-11H,1,8H2,2H3,(H,24,25)/b15-9+. The minimum absolute atomic E-state index is 0.00631. The maximum Gasteiger partial charge on any atom is 0.266 e. The number of benzene rings is 2. The minimum atomic E-state index is -0.457. The highest BCUT2D eigenvalue weighted by Crippen LogP contribution is 2.35. The fourth-order valence-corrected chi connectivity index (χ4v) is 3.61. The normalized spacial score (nSPS) is 10.8. The minimum Gasteiger partial charge on any atom is -0.487 e. The van der Waals surface area contributed by atoms with E-state index < -0.39 is 5.91 Å². The molecule has 0 bridgehead atoms. The molecule has 0 aliphatic carbocycles. The molecule has 6 heteroatoms. The van der Waals surface area contributed by atoms with Gasteiger partial charge in [-0.25, -0.2) is 0 Å². The van der Waals surface area contributed by atoms with E-state index in [4.69, 9.17) is 4.74 Å². The Kier molecular flexibility index (Phi) is 7.19. The van der Waals surface area contributed by atoms with Gasteiger partial charge in [0.1, 0.15) is 24.0 Å². The van der Waals surface area contributed by atoms with Gasteiger partial charge < -0.3 is 10.1 Å². The van der Waals surface area contributed by atoms with Gasteiger partial charge in [-0.1, -0.05) is 30.9 Å². The van der Waals surface area contributed by atoms with Gasteiger partial charge in [-0.05, 0) is 74.2 Å². The van der Waals surface area contributed by atoms with E-state index in [1.54, 1.807) is 24.3 Å². The Morgan fingerprint density at radius 1 is 1.31 bits per heavy atom. The lowest BCUT2D eigenvalue weighted by Crippen LogP contribution is -2.14. The number of amides is 1.